The van der Waals surface area contributed by atoms with Crippen LogP contribution < -0.4 is 0 Å². The van der Waals surface area contributed by atoms with E-state index in [0.717, 1.165) is 23.7 Å². The van der Waals surface area contributed by atoms with Crippen molar-refractivity contribution < 1.29 is 14.3 Å². The molecule has 0 saturated carbocycles. The zero-order valence-corrected chi connectivity index (χ0v) is 19.8. The van der Waals surface area contributed by atoms with Crippen molar-refractivity contribution in [3.63, 3.8) is 0 Å². The monoisotopic (exact) mass is 465 g/mol. The van der Waals surface area contributed by atoms with E-state index in [9.17, 15) is 9.59 Å². The van der Waals surface area contributed by atoms with Gasteiger partial charge in [0.15, 0.2) is 0 Å². The molecule has 0 aliphatic carbocycles. The maximum atomic E-state index is 13.6. The van der Waals surface area contributed by atoms with Crippen LogP contribution in [0.25, 0.3) is 10.9 Å². The van der Waals surface area contributed by atoms with Gasteiger partial charge in [-0.15, -0.1) is 0 Å². The van der Waals surface area contributed by atoms with Crippen molar-refractivity contribution >= 4 is 34.3 Å². The van der Waals surface area contributed by atoms with E-state index in [0.29, 0.717) is 43.4 Å². The number of carbonyl (C=O) groups excluding carboxylic acids is 2. The number of hydrogen-bond acceptors (Lipinski definition) is 3. The van der Waals surface area contributed by atoms with Crippen molar-refractivity contribution in [1.29, 1.82) is 0 Å². The summed E-state index contributed by atoms with van der Waals surface area (Å²) in [6.07, 6.45) is 3.50. The predicted octanol–water partition coefficient (Wildman–Crippen LogP) is 4.43. The lowest BCUT2D eigenvalue weighted by atomic mass is 9.83. The fourth-order valence-corrected chi connectivity index (χ4v) is 5.24. The minimum atomic E-state index is -0.272. The van der Waals surface area contributed by atoms with E-state index in [-0.39, 0.29) is 17.4 Å². The molecule has 0 atom stereocenters. The van der Waals surface area contributed by atoms with Gasteiger partial charge in [-0.05, 0) is 36.1 Å². The van der Waals surface area contributed by atoms with Crippen LogP contribution in [0.5, 0.6) is 0 Å². The smallest absolute Gasteiger partial charge is 0.256 e. The number of likely N-dealkylation sites (N-methyl/N-ethyl adjacent to an activating group) is 1. The molecule has 2 aromatic carbocycles. The number of halogens is 1. The average molecular weight is 466 g/mol. The molecule has 3 aromatic rings. The van der Waals surface area contributed by atoms with Crippen molar-refractivity contribution in [2.75, 3.05) is 26.7 Å². The summed E-state index contributed by atoms with van der Waals surface area (Å²) in [5.74, 6) is 0.0425. The van der Waals surface area contributed by atoms with Crippen molar-refractivity contribution in [1.82, 2.24) is 14.4 Å². The number of ether oxygens (including phenoxy) is 1. The molecule has 2 amide bonds. The first-order valence-electron chi connectivity index (χ1n) is 11.4. The van der Waals surface area contributed by atoms with Crippen molar-refractivity contribution in [3.05, 3.63) is 70.4 Å². The molecule has 0 radical (unpaired) electrons. The molecule has 0 N–H and O–H groups in total. The van der Waals surface area contributed by atoms with E-state index < -0.39 is 0 Å². The summed E-state index contributed by atoms with van der Waals surface area (Å²) in [7, 11) is 1.78. The summed E-state index contributed by atoms with van der Waals surface area (Å²) in [6.45, 7) is 4.65. The van der Waals surface area contributed by atoms with Crippen molar-refractivity contribution in [3.8, 4) is 0 Å². The number of nitrogens with zero attached hydrogens (tertiary/aromatic N) is 3. The Balaban J connectivity index is 1.37. The second-order valence-electron chi connectivity index (χ2n) is 9.07. The molecular formula is C26H28ClN3O3. The lowest BCUT2D eigenvalue weighted by molar-refractivity contribution is -0.127. The number of rotatable bonds is 4. The van der Waals surface area contributed by atoms with Crippen LogP contribution in [0.15, 0.2) is 48.7 Å². The Kier molecular flexibility index (Phi) is 5.67. The van der Waals surface area contributed by atoms with Gasteiger partial charge >= 0.3 is 0 Å². The molecule has 2 aliphatic rings. The molecule has 7 heteroatoms. The highest BCUT2D eigenvalue weighted by atomic mass is 35.5. The second kappa shape index (κ2) is 8.50. The summed E-state index contributed by atoms with van der Waals surface area (Å²) in [5, 5.41) is 1.51. The Labute approximate surface area is 198 Å². The normalized spacial score (nSPS) is 16.9. The van der Waals surface area contributed by atoms with Gasteiger partial charge in [0.1, 0.15) is 0 Å². The highest BCUT2D eigenvalue weighted by Gasteiger charge is 2.43. The predicted molar refractivity (Wildman–Crippen MR) is 128 cm³/mol. The van der Waals surface area contributed by atoms with Crippen LogP contribution in [0, 0.1) is 0 Å². The van der Waals surface area contributed by atoms with Gasteiger partial charge in [0.2, 0.25) is 5.91 Å². The second-order valence-corrected chi connectivity index (χ2v) is 9.51. The van der Waals surface area contributed by atoms with E-state index in [1.807, 2.05) is 33.9 Å². The van der Waals surface area contributed by atoms with Gasteiger partial charge in [0.05, 0.1) is 23.3 Å². The molecule has 0 unspecified atom stereocenters. The molecule has 1 spiro atoms. The number of carbonyl (C=O) groups is 2. The summed E-state index contributed by atoms with van der Waals surface area (Å²) < 4.78 is 8.28. The minimum absolute atomic E-state index is 0.0127. The molecule has 33 heavy (non-hydrogen) atoms. The summed E-state index contributed by atoms with van der Waals surface area (Å²) in [4.78, 5) is 28.8. The maximum Gasteiger partial charge on any atom is 0.256 e. The number of hydrogen-bond donors (Lipinski definition) is 0. The number of fused-ring (bicyclic) bond motifs is 3. The van der Waals surface area contributed by atoms with E-state index in [1.54, 1.807) is 18.9 Å². The number of likely N-dealkylation sites (tertiary alicyclic amines) is 1. The molecule has 1 fully saturated rings. The van der Waals surface area contributed by atoms with Crippen molar-refractivity contribution in [2.45, 2.75) is 38.5 Å². The number of aromatic nitrogens is 1. The Morgan fingerprint density at radius 2 is 1.91 bits per heavy atom. The Hall–Kier alpha value is -2.83. The fraction of sp³-hybridized carbons (Fsp3) is 0.385. The quantitative estimate of drug-likeness (QED) is 0.572. The molecule has 172 valence electrons. The standard InChI is InChI=1S/C26H28ClN3O3/c1-18(31)28(2)13-14-30-16-22(21-8-7-20(27)15-24(21)30)25(32)29-11-9-26(10-12-29)23-6-4-3-5-19(23)17-33-26/h3-8,15-16H,9-14,17H2,1-2H3. The van der Waals surface area contributed by atoms with E-state index >= 15 is 0 Å². The average Bonchev–Trinajstić information content (AvgIpc) is 3.36. The summed E-state index contributed by atoms with van der Waals surface area (Å²) in [6, 6.07) is 14.0. The highest BCUT2D eigenvalue weighted by molar-refractivity contribution is 6.31. The molecule has 1 saturated heterocycles. The molecule has 3 heterocycles. The zero-order valence-electron chi connectivity index (χ0n) is 19.0. The molecular weight excluding hydrogens is 438 g/mol. The molecule has 1 aromatic heterocycles. The molecule has 5 rings (SSSR count). The minimum Gasteiger partial charge on any atom is -0.365 e. The Morgan fingerprint density at radius 1 is 1.15 bits per heavy atom. The number of amides is 2. The van der Waals surface area contributed by atoms with Crippen LogP contribution >= 0.6 is 11.6 Å². The lowest BCUT2D eigenvalue weighted by Crippen LogP contribution is -2.45. The topological polar surface area (TPSA) is 54.8 Å². The van der Waals surface area contributed by atoms with Crippen LogP contribution in [0.4, 0.5) is 0 Å². The Morgan fingerprint density at radius 3 is 2.67 bits per heavy atom. The van der Waals surface area contributed by atoms with Gasteiger partial charge < -0.3 is 19.1 Å². The third-order valence-electron chi connectivity index (χ3n) is 7.16. The molecule has 6 nitrogen and oxygen atoms in total. The van der Waals surface area contributed by atoms with Crippen LogP contribution in [-0.4, -0.2) is 52.9 Å². The SMILES string of the molecule is CC(=O)N(C)CCn1cc(C(=O)N2CCC3(CC2)OCc2ccccc23)c2ccc(Cl)cc21. The Bertz CT molecular complexity index is 1230. The lowest BCUT2D eigenvalue weighted by Gasteiger charge is -2.39. The molecule has 2 aliphatic heterocycles. The highest BCUT2D eigenvalue weighted by Crippen LogP contribution is 2.44. The first-order valence-corrected chi connectivity index (χ1v) is 11.8. The number of benzene rings is 2. The van der Waals surface area contributed by atoms with Gasteiger partial charge in [-0.3, -0.25) is 9.59 Å². The van der Waals surface area contributed by atoms with Gasteiger partial charge in [-0.25, -0.2) is 0 Å². The summed E-state index contributed by atoms with van der Waals surface area (Å²) >= 11 is 6.26. The third kappa shape index (κ3) is 3.91. The fourth-order valence-electron chi connectivity index (χ4n) is 5.08. The zero-order chi connectivity index (χ0) is 23.2. The van der Waals surface area contributed by atoms with Gasteiger partial charge in [-0.1, -0.05) is 41.9 Å². The largest absolute Gasteiger partial charge is 0.365 e. The van der Waals surface area contributed by atoms with Crippen LogP contribution in [0.3, 0.4) is 0 Å². The van der Waals surface area contributed by atoms with Crippen LogP contribution in [0.1, 0.15) is 41.3 Å². The van der Waals surface area contributed by atoms with E-state index in [4.69, 9.17) is 16.3 Å². The van der Waals surface area contributed by atoms with Crippen molar-refractivity contribution in [2.24, 2.45) is 0 Å². The van der Waals surface area contributed by atoms with Gasteiger partial charge in [-0.2, -0.15) is 0 Å². The maximum absolute atomic E-state index is 13.6. The van der Waals surface area contributed by atoms with Crippen LogP contribution in [-0.2, 0) is 28.3 Å². The van der Waals surface area contributed by atoms with Crippen LogP contribution in [0.2, 0.25) is 5.02 Å². The van der Waals surface area contributed by atoms with E-state index in [1.165, 1.54) is 11.1 Å². The van der Waals surface area contributed by atoms with E-state index in [2.05, 4.69) is 24.3 Å². The number of piperidine rings is 1. The van der Waals surface area contributed by atoms with Gasteiger partial charge in [0.25, 0.3) is 5.91 Å². The third-order valence-corrected chi connectivity index (χ3v) is 7.39. The summed E-state index contributed by atoms with van der Waals surface area (Å²) in [5.41, 5.74) is 3.84. The molecule has 0 bridgehead atoms. The first-order chi connectivity index (χ1) is 15.9. The first kappa shape index (κ1) is 22.0. The van der Waals surface area contributed by atoms with Gasteiger partial charge in [0, 0.05) is 56.8 Å².